The molecule has 0 amide bonds. The molecule has 1 aromatic rings. The molecule has 0 N–H and O–H groups in total. The number of allylic oxidation sites excluding steroid dienone is 1. The van der Waals surface area contributed by atoms with E-state index in [-0.39, 0.29) is 18.3 Å². The first-order valence-corrected chi connectivity index (χ1v) is 8.04. The molecule has 0 heterocycles. The molecule has 2 saturated carbocycles. The van der Waals surface area contributed by atoms with Crippen LogP contribution in [0.25, 0.3) is 0 Å². The second kappa shape index (κ2) is 5.23. The zero-order valence-corrected chi connectivity index (χ0v) is 12.8. The van der Waals surface area contributed by atoms with Crippen LogP contribution >= 0.6 is 0 Å². The van der Waals surface area contributed by atoms with Gasteiger partial charge in [-0.3, -0.25) is 0 Å². The Balaban J connectivity index is 1.83. The van der Waals surface area contributed by atoms with Crippen molar-refractivity contribution < 1.29 is 8.78 Å². The minimum absolute atomic E-state index is 0.0393. The van der Waals surface area contributed by atoms with Crippen LogP contribution in [-0.4, -0.2) is 5.92 Å². The van der Waals surface area contributed by atoms with Gasteiger partial charge in [-0.05, 0) is 61.5 Å². The number of rotatable bonds is 4. The van der Waals surface area contributed by atoms with E-state index >= 15 is 0 Å². The van der Waals surface area contributed by atoms with E-state index in [1.807, 2.05) is 0 Å². The normalized spacial score (nSPS) is 23.8. The molecular formula is C19H24F2. The molecular weight excluding hydrogens is 266 g/mol. The maximum atomic E-state index is 13.4. The lowest BCUT2D eigenvalue weighted by molar-refractivity contribution is -0.0382. The van der Waals surface area contributed by atoms with Crippen LogP contribution in [0, 0.1) is 12.3 Å². The summed E-state index contributed by atoms with van der Waals surface area (Å²) in [6.45, 7) is 6.08. The molecule has 2 fully saturated rings. The topological polar surface area (TPSA) is 0 Å². The zero-order valence-electron chi connectivity index (χ0n) is 12.8. The average molecular weight is 290 g/mol. The minimum atomic E-state index is -2.44. The summed E-state index contributed by atoms with van der Waals surface area (Å²) in [5, 5.41) is 0. The number of hydrogen-bond acceptors (Lipinski definition) is 0. The first-order valence-electron chi connectivity index (χ1n) is 8.04. The first kappa shape index (κ1) is 14.7. The lowest BCUT2D eigenvalue weighted by Gasteiger charge is -2.30. The molecule has 0 atom stereocenters. The van der Waals surface area contributed by atoms with Crippen LogP contribution in [0.5, 0.6) is 0 Å². The number of benzene rings is 1. The average Bonchev–Trinajstić information content (AvgIpc) is 3.20. The monoisotopic (exact) mass is 290 g/mol. The standard InChI is InChI=1S/C19H24F2/c1-3-18(10-11-18)13-16-12-14(2)4-5-17(16)15-6-8-19(20,21)9-7-15/h3-5,12,15H,1,6-11,13H2,2H3. The van der Waals surface area contributed by atoms with Gasteiger partial charge < -0.3 is 0 Å². The third kappa shape index (κ3) is 3.20. The molecule has 1 aromatic carbocycles. The second-order valence-corrected chi connectivity index (χ2v) is 7.08. The number of halogens is 2. The van der Waals surface area contributed by atoms with Gasteiger partial charge >= 0.3 is 0 Å². The molecule has 21 heavy (non-hydrogen) atoms. The third-order valence-electron chi connectivity index (χ3n) is 5.32. The van der Waals surface area contributed by atoms with E-state index in [1.165, 1.54) is 29.5 Å². The zero-order chi connectivity index (χ0) is 15.1. The van der Waals surface area contributed by atoms with Gasteiger partial charge in [0.25, 0.3) is 0 Å². The molecule has 0 unspecified atom stereocenters. The number of aryl methyl sites for hydroxylation is 1. The fraction of sp³-hybridized carbons (Fsp3) is 0.579. The highest BCUT2D eigenvalue weighted by Crippen LogP contribution is 2.51. The van der Waals surface area contributed by atoms with Crippen LogP contribution in [0.15, 0.2) is 30.9 Å². The van der Waals surface area contributed by atoms with Crippen LogP contribution in [-0.2, 0) is 6.42 Å². The Morgan fingerprint density at radius 3 is 2.43 bits per heavy atom. The predicted molar refractivity (Wildman–Crippen MR) is 82.9 cm³/mol. The van der Waals surface area contributed by atoms with Crippen molar-refractivity contribution in [1.29, 1.82) is 0 Å². The SMILES string of the molecule is C=CC1(Cc2cc(C)ccc2C2CCC(F)(F)CC2)CC1. The molecule has 0 saturated heterocycles. The van der Waals surface area contributed by atoms with Crippen LogP contribution in [0.1, 0.15) is 61.1 Å². The summed E-state index contributed by atoms with van der Waals surface area (Å²) in [6, 6.07) is 6.56. The summed E-state index contributed by atoms with van der Waals surface area (Å²) in [6.07, 6.45) is 6.86. The molecule has 3 rings (SSSR count). The van der Waals surface area contributed by atoms with Gasteiger partial charge in [0, 0.05) is 12.8 Å². The second-order valence-electron chi connectivity index (χ2n) is 7.08. The smallest absolute Gasteiger partial charge is 0.207 e. The summed E-state index contributed by atoms with van der Waals surface area (Å²) >= 11 is 0. The third-order valence-corrected chi connectivity index (χ3v) is 5.32. The molecule has 0 nitrogen and oxygen atoms in total. The fourth-order valence-electron chi connectivity index (χ4n) is 3.63. The van der Waals surface area contributed by atoms with Gasteiger partial charge in [0.1, 0.15) is 0 Å². The Kier molecular flexibility index (Phi) is 3.67. The van der Waals surface area contributed by atoms with Crippen molar-refractivity contribution in [2.75, 3.05) is 0 Å². The maximum Gasteiger partial charge on any atom is 0.248 e. The molecule has 2 aliphatic rings. The Hall–Kier alpha value is -1.18. The van der Waals surface area contributed by atoms with Gasteiger partial charge in [0.05, 0.1) is 0 Å². The molecule has 0 radical (unpaired) electrons. The first-order chi connectivity index (χ1) is 9.93. The van der Waals surface area contributed by atoms with Crippen molar-refractivity contribution in [3.63, 3.8) is 0 Å². The Labute approximate surface area is 126 Å². The highest BCUT2D eigenvalue weighted by Gasteiger charge is 2.41. The van der Waals surface area contributed by atoms with E-state index < -0.39 is 5.92 Å². The van der Waals surface area contributed by atoms with Gasteiger partial charge in [-0.1, -0.05) is 29.8 Å². The van der Waals surface area contributed by atoms with Crippen molar-refractivity contribution in [3.8, 4) is 0 Å². The number of hydrogen-bond donors (Lipinski definition) is 0. The van der Waals surface area contributed by atoms with E-state index in [0.717, 1.165) is 6.42 Å². The van der Waals surface area contributed by atoms with Gasteiger partial charge in [-0.2, -0.15) is 0 Å². The van der Waals surface area contributed by atoms with E-state index in [9.17, 15) is 8.78 Å². The van der Waals surface area contributed by atoms with E-state index in [0.29, 0.717) is 18.8 Å². The highest BCUT2D eigenvalue weighted by molar-refractivity contribution is 5.37. The van der Waals surface area contributed by atoms with E-state index in [1.54, 1.807) is 0 Å². The predicted octanol–water partition coefficient (Wildman–Crippen LogP) is 5.80. The molecule has 0 aliphatic heterocycles. The van der Waals surface area contributed by atoms with E-state index in [4.69, 9.17) is 0 Å². The molecule has 0 aromatic heterocycles. The maximum absolute atomic E-state index is 13.4. The van der Waals surface area contributed by atoms with Gasteiger partial charge in [0.15, 0.2) is 0 Å². The number of alkyl halides is 2. The van der Waals surface area contributed by atoms with Crippen LogP contribution in [0.2, 0.25) is 0 Å². The van der Waals surface area contributed by atoms with Crippen molar-refractivity contribution in [1.82, 2.24) is 0 Å². The highest BCUT2D eigenvalue weighted by atomic mass is 19.3. The van der Waals surface area contributed by atoms with Crippen molar-refractivity contribution in [3.05, 3.63) is 47.5 Å². The molecule has 114 valence electrons. The molecule has 0 bridgehead atoms. The van der Waals surface area contributed by atoms with Crippen LogP contribution in [0.3, 0.4) is 0 Å². The van der Waals surface area contributed by atoms with Gasteiger partial charge in [-0.25, -0.2) is 8.78 Å². The van der Waals surface area contributed by atoms with Gasteiger partial charge in [0.2, 0.25) is 5.92 Å². The van der Waals surface area contributed by atoms with E-state index in [2.05, 4.69) is 37.8 Å². The van der Waals surface area contributed by atoms with Gasteiger partial charge in [-0.15, -0.1) is 6.58 Å². The van der Waals surface area contributed by atoms with Crippen molar-refractivity contribution >= 4 is 0 Å². The summed E-state index contributed by atoms with van der Waals surface area (Å²) in [5.41, 5.74) is 4.21. The van der Waals surface area contributed by atoms with Crippen LogP contribution in [0.4, 0.5) is 8.78 Å². The largest absolute Gasteiger partial charge is 0.248 e. The molecule has 2 heteroatoms. The molecule has 2 aliphatic carbocycles. The summed E-state index contributed by atoms with van der Waals surface area (Å²) in [4.78, 5) is 0. The quantitative estimate of drug-likeness (QED) is 0.615. The lowest BCUT2D eigenvalue weighted by atomic mass is 9.78. The molecule has 0 spiro atoms. The summed E-state index contributed by atoms with van der Waals surface area (Å²) < 4.78 is 26.8. The van der Waals surface area contributed by atoms with Crippen molar-refractivity contribution in [2.24, 2.45) is 5.41 Å². The summed E-state index contributed by atoms with van der Waals surface area (Å²) in [5.74, 6) is -2.14. The van der Waals surface area contributed by atoms with Crippen molar-refractivity contribution in [2.45, 2.75) is 63.7 Å². The fourth-order valence-corrected chi connectivity index (χ4v) is 3.63. The Morgan fingerprint density at radius 2 is 1.86 bits per heavy atom. The minimum Gasteiger partial charge on any atom is -0.207 e. The summed E-state index contributed by atoms with van der Waals surface area (Å²) in [7, 11) is 0. The van der Waals surface area contributed by atoms with Crippen LogP contribution < -0.4 is 0 Å². The lowest BCUT2D eigenvalue weighted by Crippen LogP contribution is -2.24. The Bertz CT molecular complexity index is 530. The Morgan fingerprint density at radius 1 is 1.19 bits per heavy atom.